The van der Waals surface area contributed by atoms with Gasteiger partial charge in [0.15, 0.2) is 11.5 Å². The average Bonchev–Trinajstić information content (AvgIpc) is 3.32. The molecule has 1 amide bonds. The molecule has 1 saturated heterocycles. The molecule has 0 unspecified atom stereocenters. The van der Waals surface area contributed by atoms with Crippen LogP contribution in [0.2, 0.25) is 0 Å². The average molecular weight is 552 g/mol. The van der Waals surface area contributed by atoms with E-state index in [-0.39, 0.29) is 23.1 Å². The van der Waals surface area contributed by atoms with E-state index in [1.54, 1.807) is 23.1 Å². The first-order chi connectivity index (χ1) is 17.5. The highest BCUT2D eigenvalue weighted by Crippen LogP contribution is 2.47. The van der Waals surface area contributed by atoms with E-state index >= 15 is 0 Å². The van der Waals surface area contributed by atoms with E-state index < -0.39 is 12.0 Å². The molecular weight excluding hydrogens is 530 g/mol. The zero-order chi connectivity index (χ0) is 25.2. The number of halogens is 1. The number of hydrogen-bond acceptors (Lipinski definition) is 8. The Kier molecular flexibility index (Phi) is 6.54. The van der Waals surface area contributed by atoms with Gasteiger partial charge in [-0.25, -0.2) is 4.79 Å². The quantitative estimate of drug-likeness (QED) is 0.498. The van der Waals surface area contributed by atoms with Crippen molar-refractivity contribution in [2.24, 2.45) is 5.73 Å². The lowest BCUT2D eigenvalue weighted by molar-refractivity contribution is 0.0413. The van der Waals surface area contributed by atoms with E-state index in [0.717, 1.165) is 10.0 Å². The molecule has 10 nitrogen and oxygen atoms in total. The first-order valence-corrected chi connectivity index (χ1v) is 11.9. The molecule has 1 fully saturated rings. The molecule has 3 aromatic rings. The summed E-state index contributed by atoms with van der Waals surface area (Å²) in [7, 11) is 1.49. The molecule has 3 heterocycles. The summed E-state index contributed by atoms with van der Waals surface area (Å²) in [6.45, 7) is 1.85. The van der Waals surface area contributed by atoms with Crippen molar-refractivity contribution in [3.8, 4) is 34.7 Å². The van der Waals surface area contributed by atoms with Crippen LogP contribution in [0.5, 0.6) is 17.4 Å². The van der Waals surface area contributed by atoms with Crippen LogP contribution >= 0.6 is 15.9 Å². The number of benzene rings is 2. The third-order valence-corrected chi connectivity index (χ3v) is 6.59. The Bertz CT molecular complexity index is 1370. The summed E-state index contributed by atoms with van der Waals surface area (Å²) in [5.74, 6) is 0.281. The van der Waals surface area contributed by atoms with Gasteiger partial charge in [-0.3, -0.25) is 5.10 Å². The molecule has 0 saturated carbocycles. The second-order valence-electron chi connectivity index (χ2n) is 8.13. The minimum Gasteiger partial charge on any atom is -0.493 e. The monoisotopic (exact) mass is 551 g/mol. The fraction of sp³-hybridized carbons (Fsp3) is 0.240. The van der Waals surface area contributed by atoms with Crippen LogP contribution in [0.3, 0.4) is 0 Å². The molecule has 36 heavy (non-hydrogen) atoms. The number of methoxy groups -OCH3 is 1. The van der Waals surface area contributed by atoms with Crippen LogP contribution in [0, 0.1) is 11.3 Å². The van der Waals surface area contributed by atoms with Crippen LogP contribution in [-0.4, -0.2) is 54.6 Å². The molecule has 1 aromatic heterocycles. The molecule has 2 aromatic carbocycles. The van der Waals surface area contributed by atoms with Crippen LogP contribution in [0.1, 0.15) is 17.0 Å². The number of amides is 1. The number of aromatic nitrogens is 2. The number of nitrogens with two attached hydrogens (primary N) is 1. The third kappa shape index (κ3) is 4.36. The van der Waals surface area contributed by atoms with Crippen molar-refractivity contribution in [1.29, 1.82) is 5.26 Å². The predicted octanol–water partition coefficient (Wildman–Crippen LogP) is 3.90. The summed E-state index contributed by atoms with van der Waals surface area (Å²) in [5.41, 5.74) is 9.27. The van der Waals surface area contributed by atoms with Crippen molar-refractivity contribution in [2.75, 3.05) is 33.4 Å². The number of fused-ring (bicyclic) bond motifs is 1. The van der Waals surface area contributed by atoms with E-state index in [9.17, 15) is 10.1 Å². The van der Waals surface area contributed by atoms with Crippen LogP contribution in [-0.2, 0) is 4.74 Å². The van der Waals surface area contributed by atoms with Crippen molar-refractivity contribution in [3.63, 3.8) is 0 Å². The summed E-state index contributed by atoms with van der Waals surface area (Å²) in [5, 5.41) is 17.3. The van der Waals surface area contributed by atoms with E-state index in [2.05, 4.69) is 32.2 Å². The lowest BCUT2D eigenvalue weighted by atomic mass is 9.83. The number of morpholine rings is 1. The van der Waals surface area contributed by atoms with Gasteiger partial charge >= 0.3 is 6.09 Å². The van der Waals surface area contributed by atoms with E-state index in [1.807, 2.05) is 24.3 Å². The molecule has 2 aliphatic heterocycles. The third-order valence-electron chi connectivity index (χ3n) is 6.06. The second kappa shape index (κ2) is 9.93. The number of ether oxygens (including phenoxy) is 4. The van der Waals surface area contributed by atoms with Crippen LogP contribution in [0.4, 0.5) is 4.79 Å². The summed E-state index contributed by atoms with van der Waals surface area (Å²) in [6.07, 6.45) is -0.480. The minimum atomic E-state index is -0.589. The number of aromatic amines is 1. The molecule has 0 spiro atoms. The number of allylic oxidation sites excluding steroid dienone is 1. The Hall–Kier alpha value is -4.01. The molecule has 5 rings (SSSR count). The molecule has 3 N–H and O–H groups in total. The summed E-state index contributed by atoms with van der Waals surface area (Å²) < 4.78 is 23.1. The van der Waals surface area contributed by atoms with Gasteiger partial charge in [0, 0.05) is 23.1 Å². The summed E-state index contributed by atoms with van der Waals surface area (Å²) in [6, 6.07) is 15.0. The standard InChI is InChI=1S/C25H22BrN5O5/c1-33-19-12-15(4-7-18(19)35-25(32)31-8-10-34-11-9-31)20-17(13-27)23(28)36-24-21(20)22(29-30-24)14-2-5-16(26)6-3-14/h2-7,12,20H,8-11,28H2,1H3,(H,29,30)/t20-/m0/s1. The number of nitrogens with zero attached hydrogens (tertiary/aromatic N) is 3. The lowest BCUT2D eigenvalue weighted by Crippen LogP contribution is -2.42. The van der Waals surface area contributed by atoms with E-state index in [0.29, 0.717) is 48.9 Å². The number of hydrogen-bond donors (Lipinski definition) is 2. The Morgan fingerprint density at radius 1 is 1.22 bits per heavy atom. The Labute approximate surface area is 215 Å². The minimum absolute atomic E-state index is 0.0226. The molecule has 2 aliphatic rings. The van der Waals surface area contributed by atoms with Gasteiger partial charge in [0.25, 0.3) is 0 Å². The van der Waals surface area contributed by atoms with Crippen molar-refractivity contribution < 1.29 is 23.7 Å². The van der Waals surface area contributed by atoms with Gasteiger partial charge in [-0.05, 0) is 29.8 Å². The maximum Gasteiger partial charge on any atom is 0.415 e. The first kappa shape index (κ1) is 23.7. The van der Waals surface area contributed by atoms with Crippen LogP contribution in [0.15, 0.2) is 58.4 Å². The number of carbonyl (C=O) groups excluding carboxylic acids is 1. The fourth-order valence-electron chi connectivity index (χ4n) is 4.27. The molecule has 0 bridgehead atoms. The van der Waals surface area contributed by atoms with Crippen molar-refractivity contribution in [2.45, 2.75) is 5.92 Å². The molecule has 0 radical (unpaired) electrons. The normalized spacial score (nSPS) is 17.1. The number of nitrogens with one attached hydrogen (secondary N) is 1. The highest BCUT2D eigenvalue weighted by Gasteiger charge is 2.36. The van der Waals surface area contributed by atoms with E-state index in [4.69, 9.17) is 24.7 Å². The van der Waals surface area contributed by atoms with Gasteiger partial charge in [-0.15, -0.1) is 5.10 Å². The Balaban J connectivity index is 1.54. The number of carbonyl (C=O) groups is 1. The van der Waals surface area contributed by atoms with Crippen molar-refractivity contribution in [1.82, 2.24) is 15.1 Å². The molecule has 0 aliphatic carbocycles. The molecule has 11 heteroatoms. The van der Waals surface area contributed by atoms with Gasteiger partial charge in [0.1, 0.15) is 11.6 Å². The number of rotatable bonds is 4. The zero-order valence-corrected chi connectivity index (χ0v) is 20.9. The summed E-state index contributed by atoms with van der Waals surface area (Å²) in [4.78, 5) is 14.2. The van der Waals surface area contributed by atoms with Gasteiger partial charge < -0.3 is 29.6 Å². The second-order valence-corrected chi connectivity index (χ2v) is 9.04. The van der Waals surface area contributed by atoms with Crippen LogP contribution < -0.4 is 19.9 Å². The van der Waals surface area contributed by atoms with Crippen molar-refractivity contribution >= 4 is 22.0 Å². The topological polar surface area (TPSA) is 136 Å². The maximum atomic E-state index is 12.6. The SMILES string of the molecule is COc1cc([C@H]2C(C#N)=C(N)Oc3n[nH]c(-c4ccc(Br)cc4)c32)ccc1OC(=O)N1CCOCC1. The van der Waals surface area contributed by atoms with Gasteiger partial charge in [0.05, 0.1) is 37.5 Å². The maximum absolute atomic E-state index is 12.6. The fourth-order valence-corrected chi connectivity index (χ4v) is 4.53. The van der Waals surface area contributed by atoms with Crippen LogP contribution in [0.25, 0.3) is 11.3 Å². The predicted molar refractivity (Wildman–Crippen MR) is 132 cm³/mol. The van der Waals surface area contributed by atoms with Gasteiger partial charge in [-0.2, -0.15) is 5.26 Å². The smallest absolute Gasteiger partial charge is 0.415 e. The Morgan fingerprint density at radius 2 is 1.97 bits per heavy atom. The molecule has 1 atom stereocenters. The molecule has 184 valence electrons. The molecular formula is C25H22BrN5O5. The highest BCUT2D eigenvalue weighted by molar-refractivity contribution is 9.10. The van der Waals surface area contributed by atoms with E-state index in [1.165, 1.54) is 7.11 Å². The first-order valence-electron chi connectivity index (χ1n) is 11.1. The van der Waals surface area contributed by atoms with Gasteiger partial charge in [0.2, 0.25) is 11.8 Å². The zero-order valence-electron chi connectivity index (χ0n) is 19.3. The summed E-state index contributed by atoms with van der Waals surface area (Å²) >= 11 is 3.45. The lowest BCUT2D eigenvalue weighted by Gasteiger charge is -2.27. The number of H-pyrrole nitrogens is 1. The largest absolute Gasteiger partial charge is 0.493 e. The highest BCUT2D eigenvalue weighted by atomic mass is 79.9. The van der Waals surface area contributed by atoms with Crippen molar-refractivity contribution in [3.05, 3.63) is 69.5 Å². The number of nitriles is 1. The van der Waals surface area contributed by atoms with Gasteiger partial charge in [-0.1, -0.05) is 34.1 Å². The Morgan fingerprint density at radius 3 is 2.67 bits per heavy atom.